The SMILES string of the molecule is Cc1nnsc1C(=O)N1CCC(CNS(=O)(=O)C=Cc2ccccc2)CC1. The van der Waals surface area contributed by atoms with Gasteiger partial charge in [0, 0.05) is 25.0 Å². The van der Waals surface area contributed by atoms with Crippen LogP contribution in [0, 0.1) is 12.8 Å². The van der Waals surface area contributed by atoms with Crippen LogP contribution < -0.4 is 4.72 Å². The zero-order valence-corrected chi connectivity index (χ0v) is 16.7. The number of likely N-dealkylation sites (tertiary alicyclic amines) is 1. The molecule has 1 saturated heterocycles. The molecule has 2 aromatic rings. The van der Waals surface area contributed by atoms with Crippen LogP contribution >= 0.6 is 11.5 Å². The van der Waals surface area contributed by atoms with Crippen molar-refractivity contribution in [1.82, 2.24) is 19.2 Å². The maximum atomic E-state index is 12.5. The quantitative estimate of drug-likeness (QED) is 0.795. The summed E-state index contributed by atoms with van der Waals surface area (Å²) in [6.45, 7) is 3.39. The molecule has 0 bridgehead atoms. The van der Waals surface area contributed by atoms with Crippen molar-refractivity contribution < 1.29 is 13.2 Å². The minimum absolute atomic E-state index is 0.0349. The Labute approximate surface area is 163 Å². The molecule has 0 atom stereocenters. The maximum absolute atomic E-state index is 12.5. The van der Waals surface area contributed by atoms with Gasteiger partial charge in [-0.15, -0.1) is 5.10 Å². The number of carbonyl (C=O) groups excluding carboxylic acids is 1. The number of piperidine rings is 1. The van der Waals surface area contributed by atoms with Gasteiger partial charge in [0.15, 0.2) is 0 Å². The van der Waals surface area contributed by atoms with E-state index < -0.39 is 10.0 Å². The van der Waals surface area contributed by atoms with Crippen LogP contribution in [0.1, 0.15) is 33.8 Å². The van der Waals surface area contributed by atoms with Gasteiger partial charge in [0.25, 0.3) is 5.91 Å². The summed E-state index contributed by atoms with van der Waals surface area (Å²) in [6.07, 6.45) is 3.11. The summed E-state index contributed by atoms with van der Waals surface area (Å²) in [5.41, 5.74) is 1.49. The maximum Gasteiger partial charge on any atom is 0.267 e. The first kappa shape index (κ1) is 19.7. The van der Waals surface area contributed by atoms with E-state index in [1.807, 2.05) is 30.3 Å². The highest BCUT2D eigenvalue weighted by Gasteiger charge is 2.26. The van der Waals surface area contributed by atoms with Gasteiger partial charge in [-0.25, -0.2) is 13.1 Å². The Morgan fingerprint density at radius 3 is 2.63 bits per heavy atom. The number of carbonyl (C=O) groups is 1. The van der Waals surface area contributed by atoms with Gasteiger partial charge in [0.1, 0.15) is 4.88 Å². The third-order valence-electron chi connectivity index (χ3n) is 4.56. The molecule has 3 rings (SSSR count). The zero-order valence-electron chi connectivity index (χ0n) is 15.0. The standard InChI is InChI=1S/C18H22N4O3S2/c1-14-17(26-21-20-14)18(23)22-10-7-16(8-11-22)13-19-27(24,25)12-9-15-5-3-2-4-6-15/h2-6,9,12,16,19H,7-8,10-11,13H2,1H3. The fourth-order valence-electron chi connectivity index (χ4n) is 2.93. The highest BCUT2D eigenvalue weighted by Crippen LogP contribution is 2.21. The topological polar surface area (TPSA) is 92.3 Å². The first-order chi connectivity index (χ1) is 12.9. The Bertz CT molecular complexity index is 902. The minimum Gasteiger partial charge on any atom is -0.338 e. The fourth-order valence-corrected chi connectivity index (χ4v) is 4.45. The van der Waals surface area contributed by atoms with Crippen molar-refractivity contribution in [1.29, 1.82) is 0 Å². The van der Waals surface area contributed by atoms with Gasteiger partial charge >= 0.3 is 0 Å². The fraction of sp³-hybridized carbons (Fsp3) is 0.389. The third kappa shape index (κ3) is 5.44. The van der Waals surface area contributed by atoms with Crippen LogP contribution in [0.15, 0.2) is 35.7 Å². The summed E-state index contributed by atoms with van der Waals surface area (Å²) in [4.78, 5) is 14.8. The lowest BCUT2D eigenvalue weighted by Gasteiger charge is -2.31. The molecule has 0 radical (unpaired) electrons. The Hall–Kier alpha value is -2.10. The van der Waals surface area contributed by atoms with E-state index in [1.165, 1.54) is 5.41 Å². The molecule has 0 saturated carbocycles. The molecule has 27 heavy (non-hydrogen) atoms. The second kappa shape index (κ2) is 8.73. The van der Waals surface area contributed by atoms with E-state index in [2.05, 4.69) is 14.3 Å². The zero-order chi connectivity index (χ0) is 19.3. The molecule has 0 unspecified atom stereocenters. The molecule has 2 heterocycles. The van der Waals surface area contributed by atoms with Crippen molar-refractivity contribution in [2.24, 2.45) is 5.92 Å². The first-order valence-corrected chi connectivity index (χ1v) is 11.1. The molecule has 9 heteroatoms. The third-order valence-corrected chi connectivity index (χ3v) is 6.44. The summed E-state index contributed by atoms with van der Waals surface area (Å²) in [7, 11) is -3.48. The van der Waals surface area contributed by atoms with Crippen LogP contribution in [0.5, 0.6) is 0 Å². The Balaban J connectivity index is 1.47. The van der Waals surface area contributed by atoms with Gasteiger partial charge in [0.2, 0.25) is 10.0 Å². The molecule has 1 aliphatic rings. The van der Waals surface area contributed by atoms with Crippen molar-refractivity contribution in [2.45, 2.75) is 19.8 Å². The average molecular weight is 407 g/mol. The summed E-state index contributed by atoms with van der Waals surface area (Å²) in [5, 5.41) is 5.08. The van der Waals surface area contributed by atoms with Gasteiger partial charge in [-0.3, -0.25) is 4.79 Å². The van der Waals surface area contributed by atoms with Crippen molar-refractivity contribution in [3.63, 3.8) is 0 Å². The number of rotatable bonds is 6. The molecule has 144 valence electrons. The molecular formula is C18H22N4O3S2. The van der Waals surface area contributed by atoms with Gasteiger partial charge < -0.3 is 4.90 Å². The predicted octanol–water partition coefficient (Wildman–Crippen LogP) is 2.29. The Morgan fingerprint density at radius 1 is 1.30 bits per heavy atom. The van der Waals surface area contributed by atoms with E-state index in [4.69, 9.17) is 0 Å². The lowest BCUT2D eigenvalue weighted by atomic mass is 9.97. The molecule has 1 amide bonds. The van der Waals surface area contributed by atoms with E-state index in [-0.39, 0.29) is 11.8 Å². The minimum atomic E-state index is -3.48. The lowest BCUT2D eigenvalue weighted by Crippen LogP contribution is -2.41. The lowest BCUT2D eigenvalue weighted by molar-refractivity contribution is 0.0696. The molecule has 0 spiro atoms. The van der Waals surface area contributed by atoms with Crippen molar-refractivity contribution in [3.05, 3.63) is 51.9 Å². The van der Waals surface area contributed by atoms with E-state index >= 15 is 0 Å². The number of nitrogens with zero attached hydrogens (tertiary/aromatic N) is 3. The molecule has 1 aromatic carbocycles. The van der Waals surface area contributed by atoms with Crippen molar-refractivity contribution >= 4 is 33.5 Å². The number of hydrogen-bond donors (Lipinski definition) is 1. The van der Waals surface area contributed by atoms with Crippen LogP contribution in [-0.2, 0) is 10.0 Å². The molecule has 7 nitrogen and oxygen atoms in total. The van der Waals surface area contributed by atoms with E-state index in [9.17, 15) is 13.2 Å². The van der Waals surface area contributed by atoms with Crippen LogP contribution in [0.3, 0.4) is 0 Å². The smallest absolute Gasteiger partial charge is 0.267 e. The van der Waals surface area contributed by atoms with E-state index in [1.54, 1.807) is 17.9 Å². The summed E-state index contributed by atoms with van der Waals surface area (Å²) >= 11 is 1.12. The summed E-state index contributed by atoms with van der Waals surface area (Å²) < 4.78 is 30.7. The molecule has 1 fully saturated rings. The number of hydrogen-bond acceptors (Lipinski definition) is 6. The highest BCUT2D eigenvalue weighted by atomic mass is 32.2. The average Bonchev–Trinajstić information content (AvgIpc) is 3.11. The first-order valence-electron chi connectivity index (χ1n) is 8.75. The van der Waals surface area contributed by atoms with Gasteiger partial charge in [-0.1, -0.05) is 34.8 Å². The normalized spacial score (nSPS) is 16.1. The number of amides is 1. The summed E-state index contributed by atoms with van der Waals surface area (Å²) in [6, 6.07) is 9.30. The van der Waals surface area contributed by atoms with E-state index in [0.29, 0.717) is 30.2 Å². The van der Waals surface area contributed by atoms with Crippen LogP contribution in [0.2, 0.25) is 0 Å². The number of sulfonamides is 1. The largest absolute Gasteiger partial charge is 0.338 e. The monoisotopic (exact) mass is 406 g/mol. The Kier molecular flexibility index (Phi) is 6.35. The molecule has 0 aliphatic carbocycles. The summed E-state index contributed by atoms with van der Waals surface area (Å²) in [5.74, 6) is 0.182. The van der Waals surface area contributed by atoms with Crippen LogP contribution in [0.25, 0.3) is 6.08 Å². The second-order valence-electron chi connectivity index (χ2n) is 6.53. The van der Waals surface area contributed by atoms with Crippen LogP contribution in [-0.4, -0.2) is 48.4 Å². The Morgan fingerprint density at radius 2 is 2.00 bits per heavy atom. The van der Waals surface area contributed by atoms with Crippen LogP contribution in [0.4, 0.5) is 0 Å². The second-order valence-corrected chi connectivity index (χ2v) is 8.93. The molecule has 1 aromatic heterocycles. The number of aromatic nitrogens is 2. The van der Waals surface area contributed by atoms with Crippen molar-refractivity contribution in [2.75, 3.05) is 19.6 Å². The molecule has 1 N–H and O–H groups in total. The number of nitrogens with one attached hydrogen (secondary N) is 1. The van der Waals surface area contributed by atoms with Crippen molar-refractivity contribution in [3.8, 4) is 0 Å². The highest BCUT2D eigenvalue weighted by molar-refractivity contribution is 7.92. The van der Waals surface area contributed by atoms with E-state index in [0.717, 1.165) is 29.9 Å². The number of benzene rings is 1. The molecular weight excluding hydrogens is 384 g/mol. The van der Waals surface area contributed by atoms with Gasteiger partial charge in [-0.2, -0.15) is 0 Å². The molecule has 1 aliphatic heterocycles. The van der Waals surface area contributed by atoms with Gasteiger partial charge in [-0.05, 0) is 48.9 Å². The predicted molar refractivity (Wildman–Crippen MR) is 106 cm³/mol. The number of aryl methyl sites for hydroxylation is 1. The van der Waals surface area contributed by atoms with Gasteiger partial charge in [0.05, 0.1) is 5.69 Å².